The minimum atomic E-state index is -0.757. The Morgan fingerprint density at radius 1 is 1.50 bits per heavy atom. The van der Waals surface area contributed by atoms with Gasteiger partial charge in [-0.2, -0.15) is 0 Å². The van der Waals surface area contributed by atoms with Crippen LogP contribution in [-0.4, -0.2) is 30.9 Å². The largest absolute Gasteiger partial charge is 0.357 e. The van der Waals surface area contributed by atoms with Crippen LogP contribution in [0.15, 0.2) is 0 Å². The highest BCUT2D eigenvalue weighted by Crippen LogP contribution is 1.88. The number of nitrogens with one attached hydrogen (secondary N) is 2. The van der Waals surface area contributed by atoms with E-state index >= 15 is 0 Å². The molecular weight excluding hydrogens is 182 g/mol. The van der Waals surface area contributed by atoms with Gasteiger partial charge in [0.1, 0.15) is 6.04 Å². The maximum absolute atomic E-state index is 11.3. The van der Waals surface area contributed by atoms with Gasteiger partial charge in [0.2, 0.25) is 11.8 Å². The van der Waals surface area contributed by atoms with E-state index in [2.05, 4.69) is 16.6 Å². The maximum Gasteiger partial charge on any atom is 0.242 e. The molecule has 0 saturated carbocycles. The fraction of sp³-hybridized carbons (Fsp3) is 0.556. The van der Waals surface area contributed by atoms with Crippen molar-refractivity contribution < 1.29 is 9.59 Å². The molecule has 0 fully saturated rings. The maximum atomic E-state index is 11.3. The molecule has 5 heteroatoms. The molecule has 0 aromatic carbocycles. The van der Waals surface area contributed by atoms with Crippen molar-refractivity contribution >= 4 is 11.8 Å². The van der Waals surface area contributed by atoms with Gasteiger partial charge in [-0.15, -0.1) is 12.3 Å². The predicted molar refractivity (Wildman–Crippen MR) is 53.1 cm³/mol. The Morgan fingerprint density at radius 3 is 2.50 bits per heavy atom. The standard InChI is InChI=1S/C9H15N3O2/c1-4-5-7(10)9(14)12-6(2)8(13)11-3/h1,6-7H,5,10H2,2-3H3,(H,11,13)(H,12,14). The van der Waals surface area contributed by atoms with E-state index in [9.17, 15) is 9.59 Å². The molecule has 0 spiro atoms. The first-order valence-corrected chi connectivity index (χ1v) is 4.24. The first-order valence-electron chi connectivity index (χ1n) is 4.24. The van der Waals surface area contributed by atoms with Crippen LogP contribution >= 0.6 is 0 Å². The summed E-state index contributed by atoms with van der Waals surface area (Å²) in [6.07, 6.45) is 5.15. The third-order valence-electron chi connectivity index (χ3n) is 1.67. The molecule has 2 atom stereocenters. The zero-order valence-electron chi connectivity index (χ0n) is 8.33. The van der Waals surface area contributed by atoms with Gasteiger partial charge in [-0.05, 0) is 6.92 Å². The third-order valence-corrected chi connectivity index (χ3v) is 1.67. The van der Waals surface area contributed by atoms with E-state index in [4.69, 9.17) is 12.2 Å². The Morgan fingerprint density at radius 2 is 2.07 bits per heavy atom. The van der Waals surface area contributed by atoms with Gasteiger partial charge in [0.05, 0.1) is 6.04 Å². The minimum absolute atomic E-state index is 0.159. The lowest BCUT2D eigenvalue weighted by atomic mass is 10.2. The lowest BCUT2D eigenvalue weighted by Crippen LogP contribution is -2.49. The fourth-order valence-electron chi connectivity index (χ4n) is 0.822. The molecule has 2 unspecified atom stereocenters. The van der Waals surface area contributed by atoms with E-state index in [0.717, 1.165) is 0 Å². The second kappa shape index (κ2) is 6.00. The highest BCUT2D eigenvalue weighted by atomic mass is 16.2. The normalized spacial score (nSPS) is 13.6. The van der Waals surface area contributed by atoms with Crippen molar-refractivity contribution in [2.75, 3.05) is 7.05 Å². The summed E-state index contributed by atoms with van der Waals surface area (Å²) in [5.41, 5.74) is 5.43. The highest BCUT2D eigenvalue weighted by molar-refractivity contribution is 5.89. The van der Waals surface area contributed by atoms with Crippen molar-refractivity contribution in [3.8, 4) is 12.3 Å². The number of nitrogens with two attached hydrogens (primary N) is 1. The molecule has 2 amide bonds. The molecule has 0 aliphatic heterocycles. The first-order chi connectivity index (χ1) is 6.52. The third kappa shape index (κ3) is 3.92. The van der Waals surface area contributed by atoms with E-state index in [1.54, 1.807) is 6.92 Å². The average molecular weight is 197 g/mol. The van der Waals surface area contributed by atoms with Crippen LogP contribution in [0.1, 0.15) is 13.3 Å². The van der Waals surface area contributed by atoms with Crippen molar-refractivity contribution in [3.05, 3.63) is 0 Å². The van der Waals surface area contributed by atoms with Crippen molar-refractivity contribution in [2.24, 2.45) is 5.73 Å². The number of hydrogen-bond acceptors (Lipinski definition) is 3. The molecule has 0 bridgehead atoms. The van der Waals surface area contributed by atoms with Crippen LogP contribution in [0, 0.1) is 12.3 Å². The first kappa shape index (κ1) is 12.5. The van der Waals surface area contributed by atoms with Gasteiger partial charge in [0, 0.05) is 13.5 Å². The summed E-state index contributed by atoms with van der Waals surface area (Å²) in [6, 6.07) is -1.36. The van der Waals surface area contributed by atoms with Crippen molar-refractivity contribution in [1.29, 1.82) is 0 Å². The SMILES string of the molecule is C#CCC(N)C(=O)NC(C)C(=O)NC. The Hall–Kier alpha value is -1.54. The molecule has 0 radical (unpaired) electrons. The summed E-state index contributed by atoms with van der Waals surface area (Å²) >= 11 is 0. The number of carbonyl (C=O) groups is 2. The summed E-state index contributed by atoms with van der Waals surface area (Å²) in [5.74, 6) is 1.59. The lowest BCUT2D eigenvalue weighted by Gasteiger charge is -2.14. The van der Waals surface area contributed by atoms with E-state index in [1.807, 2.05) is 0 Å². The topological polar surface area (TPSA) is 84.2 Å². The zero-order chi connectivity index (χ0) is 11.1. The van der Waals surface area contributed by atoms with Gasteiger partial charge >= 0.3 is 0 Å². The molecule has 0 saturated heterocycles. The van der Waals surface area contributed by atoms with Crippen LogP contribution in [0.3, 0.4) is 0 Å². The molecule has 14 heavy (non-hydrogen) atoms. The number of likely N-dealkylation sites (N-methyl/N-ethyl adjacent to an activating group) is 1. The lowest BCUT2D eigenvalue weighted by molar-refractivity contribution is -0.128. The van der Waals surface area contributed by atoms with E-state index in [0.29, 0.717) is 0 Å². The second-order valence-electron chi connectivity index (χ2n) is 2.86. The molecular formula is C9H15N3O2. The van der Waals surface area contributed by atoms with Crippen LogP contribution in [0.4, 0.5) is 0 Å². The van der Waals surface area contributed by atoms with Gasteiger partial charge in [-0.3, -0.25) is 9.59 Å². The van der Waals surface area contributed by atoms with Crippen LogP contribution in [0.25, 0.3) is 0 Å². The van der Waals surface area contributed by atoms with Gasteiger partial charge in [0.15, 0.2) is 0 Å². The minimum Gasteiger partial charge on any atom is -0.357 e. The van der Waals surface area contributed by atoms with E-state index < -0.39 is 18.0 Å². The van der Waals surface area contributed by atoms with Gasteiger partial charge in [-0.1, -0.05) is 0 Å². The molecule has 0 heterocycles. The van der Waals surface area contributed by atoms with Crippen molar-refractivity contribution in [2.45, 2.75) is 25.4 Å². The number of amides is 2. The van der Waals surface area contributed by atoms with Crippen molar-refractivity contribution in [1.82, 2.24) is 10.6 Å². The van der Waals surface area contributed by atoms with Crippen LogP contribution in [0.2, 0.25) is 0 Å². The zero-order valence-corrected chi connectivity index (χ0v) is 8.33. The Kier molecular flexibility index (Phi) is 5.34. The fourth-order valence-corrected chi connectivity index (χ4v) is 0.822. The van der Waals surface area contributed by atoms with Crippen LogP contribution < -0.4 is 16.4 Å². The number of carbonyl (C=O) groups excluding carboxylic acids is 2. The summed E-state index contributed by atoms with van der Waals surface area (Å²) in [6.45, 7) is 1.57. The van der Waals surface area contributed by atoms with Gasteiger partial charge in [0.25, 0.3) is 0 Å². The molecule has 78 valence electrons. The second-order valence-corrected chi connectivity index (χ2v) is 2.86. The van der Waals surface area contributed by atoms with E-state index in [1.165, 1.54) is 7.05 Å². The summed E-state index contributed by atoms with van der Waals surface area (Å²) in [5, 5.41) is 4.85. The number of rotatable bonds is 4. The Bertz CT molecular complexity index is 257. The Balaban J connectivity index is 4.06. The number of hydrogen-bond donors (Lipinski definition) is 3. The molecule has 0 aliphatic carbocycles. The number of terminal acetylenes is 1. The van der Waals surface area contributed by atoms with Crippen LogP contribution in [-0.2, 0) is 9.59 Å². The van der Waals surface area contributed by atoms with Gasteiger partial charge < -0.3 is 16.4 Å². The molecule has 0 aromatic rings. The monoisotopic (exact) mass is 197 g/mol. The average Bonchev–Trinajstić information content (AvgIpc) is 2.16. The Labute approximate surface area is 83.4 Å². The molecule has 0 aromatic heterocycles. The molecule has 4 N–H and O–H groups in total. The predicted octanol–water partition coefficient (Wildman–Crippen LogP) is -1.41. The van der Waals surface area contributed by atoms with E-state index in [-0.39, 0.29) is 12.3 Å². The summed E-state index contributed by atoms with van der Waals surface area (Å²) in [4.78, 5) is 22.3. The van der Waals surface area contributed by atoms with Crippen molar-refractivity contribution in [3.63, 3.8) is 0 Å². The van der Waals surface area contributed by atoms with Gasteiger partial charge in [-0.25, -0.2) is 0 Å². The summed E-state index contributed by atoms with van der Waals surface area (Å²) < 4.78 is 0. The quantitative estimate of drug-likeness (QED) is 0.484. The molecule has 0 aliphatic rings. The summed E-state index contributed by atoms with van der Waals surface area (Å²) in [7, 11) is 1.49. The molecule has 0 rings (SSSR count). The smallest absolute Gasteiger partial charge is 0.242 e. The highest BCUT2D eigenvalue weighted by Gasteiger charge is 2.18. The molecule has 5 nitrogen and oxygen atoms in total. The van der Waals surface area contributed by atoms with Crippen LogP contribution in [0.5, 0.6) is 0 Å².